The Hall–Kier alpha value is -3.43. The first-order valence-electron chi connectivity index (χ1n) is 10.3. The van der Waals surface area contributed by atoms with Crippen LogP contribution < -0.4 is 15.5 Å². The predicted octanol–water partition coefficient (Wildman–Crippen LogP) is 3.91. The number of halogens is 1. The van der Waals surface area contributed by atoms with Crippen LogP contribution in [0, 0.1) is 24.1 Å². The van der Waals surface area contributed by atoms with Crippen molar-refractivity contribution in [2.75, 3.05) is 25.0 Å². The first kappa shape index (κ1) is 22.3. The van der Waals surface area contributed by atoms with Gasteiger partial charge in [0, 0.05) is 42.2 Å². The number of aryl methyl sites for hydroxylation is 1. The van der Waals surface area contributed by atoms with Gasteiger partial charge in [0.15, 0.2) is 0 Å². The van der Waals surface area contributed by atoms with Crippen LogP contribution >= 0.6 is 0 Å². The molecule has 0 aliphatic carbocycles. The van der Waals surface area contributed by atoms with Gasteiger partial charge in [0.1, 0.15) is 11.9 Å². The molecular formula is C25H27FN4O. The highest BCUT2D eigenvalue weighted by Crippen LogP contribution is 2.27. The third-order valence-electron chi connectivity index (χ3n) is 5.43. The Kier molecular flexibility index (Phi) is 7.22. The fourth-order valence-electron chi connectivity index (χ4n) is 3.52. The number of rotatable bonds is 6. The lowest BCUT2D eigenvalue weighted by atomic mass is 10.0. The van der Waals surface area contributed by atoms with E-state index in [0.717, 1.165) is 30.8 Å². The second-order valence-corrected chi connectivity index (χ2v) is 7.64. The zero-order chi connectivity index (χ0) is 22.4. The lowest BCUT2D eigenvalue weighted by Gasteiger charge is -2.24. The van der Waals surface area contributed by atoms with Crippen LogP contribution in [0.15, 0.2) is 60.2 Å². The summed E-state index contributed by atoms with van der Waals surface area (Å²) < 4.78 is 14.4. The first-order chi connectivity index (χ1) is 14.9. The molecule has 1 saturated heterocycles. The quantitative estimate of drug-likeness (QED) is 0.551. The van der Waals surface area contributed by atoms with Crippen LogP contribution in [0.4, 0.5) is 10.1 Å². The largest absolute Gasteiger partial charge is 0.348 e. The van der Waals surface area contributed by atoms with Crippen molar-refractivity contribution in [1.82, 2.24) is 10.6 Å². The lowest BCUT2D eigenvalue weighted by Crippen LogP contribution is -2.37. The molecule has 5 nitrogen and oxygen atoms in total. The highest BCUT2D eigenvalue weighted by Gasteiger charge is 2.20. The highest BCUT2D eigenvalue weighted by atomic mass is 19.1. The maximum Gasteiger partial charge on any atom is 0.251 e. The van der Waals surface area contributed by atoms with Crippen LogP contribution in [0.2, 0.25) is 0 Å². The third-order valence-corrected chi connectivity index (χ3v) is 5.43. The lowest BCUT2D eigenvalue weighted by molar-refractivity contribution is -0.117. The van der Waals surface area contributed by atoms with Gasteiger partial charge >= 0.3 is 0 Å². The molecule has 3 rings (SSSR count). The Labute approximate surface area is 182 Å². The summed E-state index contributed by atoms with van der Waals surface area (Å²) in [4.78, 5) is 14.8. The number of amides is 1. The third kappa shape index (κ3) is 5.39. The van der Waals surface area contributed by atoms with E-state index in [4.69, 9.17) is 5.26 Å². The van der Waals surface area contributed by atoms with Gasteiger partial charge in [-0.2, -0.15) is 5.26 Å². The summed E-state index contributed by atoms with van der Waals surface area (Å²) >= 11 is 0. The van der Waals surface area contributed by atoms with Gasteiger partial charge in [-0.3, -0.25) is 4.79 Å². The molecular weight excluding hydrogens is 391 g/mol. The predicted molar refractivity (Wildman–Crippen MR) is 122 cm³/mol. The molecule has 0 aromatic heterocycles. The molecule has 2 aromatic carbocycles. The van der Waals surface area contributed by atoms with Crippen molar-refractivity contribution in [1.29, 1.82) is 5.26 Å². The molecule has 1 amide bonds. The molecule has 0 radical (unpaired) electrons. The molecule has 6 heteroatoms. The Morgan fingerprint density at radius 3 is 2.61 bits per heavy atom. The molecule has 0 saturated carbocycles. The van der Waals surface area contributed by atoms with E-state index >= 15 is 0 Å². The Morgan fingerprint density at radius 1 is 1.29 bits per heavy atom. The van der Waals surface area contributed by atoms with Crippen molar-refractivity contribution < 1.29 is 9.18 Å². The van der Waals surface area contributed by atoms with Crippen LogP contribution in [-0.4, -0.2) is 32.1 Å². The number of allylic oxidation sites excluding steroid dienone is 1. The van der Waals surface area contributed by atoms with Gasteiger partial charge in [-0.25, -0.2) is 4.39 Å². The van der Waals surface area contributed by atoms with E-state index in [1.54, 1.807) is 25.1 Å². The van der Waals surface area contributed by atoms with Crippen molar-refractivity contribution in [2.45, 2.75) is 26.3 Å². The number of benzene rings is 2. The molecule has 1 aliphatic rings. The second-order valence-electron chi connectivity index (χ2n) is 7.64. The van der Waals surface area contributed by atoms with Crippen molar-refractivity contribution >= 4 is 17.3 Å². The normalized spacial score (nSPS) is 16.7. The molecule has 1 fully saturated rings. The number of nitrogens with one attached hydrogen (secondary N) is 2. The Morgan fingerprint density at radius 2 is 2.03 bits per heavy atom. The summed E-state index contributed by atoms with van der Waals surface area (Å²) in [6.07, 6.45) is 4.41. The van der Waals surface area contributed by atoms with E-state index in [0.29, 0.717) is 16.8 Å². The zero-order valence-corrected chi connectivity index (χ0v) is 18.1. The first-order valence-corrected chi connectivity index (χ1v) is 10.3. The molecule has 2 aromatic rings. The van der Waals surface area contributed by atoms with Crippen molar-refractivity contribution in [2.24, 2.45) is 0 Å². The van der Waals surface area contributed by atoms with Gasteiger partial charge in [-0.15, -0.1) is 0 Å². The van der Waals surface area contributed by atoms with Crippen LogP contribution in [0.1, 0.15) is 30.0 Å². The minimum atomic E-state index is -0.591. The van der Waals surface area contributed by atoms with Crippen LogP contribution in [0.5, 0.6) is 0 Å². The minimum absolute atomic E-state index is 0.0150. The van der Waals surface area contributed by atoms with Gasteiger partial charge in [0.2, 0.25) is 0 Å². The summed E-state index contributed by atoms with van der Waals surface area (Å²) in [5, 5.41) is 15.4. The van der Waals surface area contributed by atoms with Crippen molar-refractivity contribution in [3.8, 4) is 6.07 Å². The maximum atomic E-state index is 14.4. The average molecular weight is 419 g/mol. The maximum absolute atomic E-state index is 14.4. The van der Waals surface area contributed by atoms with Gasteiger partial charge in [-0.1, -0.05) is 29.8 Å². The summed E-state index contributed by atoms with van der Waals surface area (Å²) in [5.74, 6) is -0.758. The summed E-state index contributed by atoms with van der Waals surface area (Å²) in [7, 11) is 1.87. The second kappa shape index (κ2) is 10.1. The summed E-state index contributed by atoms with van der Waals surface area (Å²) in [5.41, 5.74) is 3.74. The molecule has 2 N–H and O–H groups in total. The van der Waals surface area contributed by atoms with Gasteiger partial charge in [0.05, 0.1) is 5.56 Å². The topological polar surface area (TPSA) is 68.2 Å². The van der Waals surface area contributed by atoms with E-state index < -0.39 is 5.82 Å². The monoisotopic (exact) mass is 418 g/mol. The van der Waals surface area contributed by atoms with E-state index in [1.807, 2.05) is 49.2 Å². The zero-order valence-electron chi connectivity index (χ0n) is 18.1. The van der Waals surface area contributed by atoms with E-state index in [2.05, 4.69) is 10.6 Å². The van der Waals surface area contributed by atoms with Crippen molar-refractivity contribution in [3.05, 3.63) is 82.7 Å². The van der Waals surface area contributed by atoms with Crippen LogP contribution in [0.3, 0.4) is 0 Å². The number of anilines is 1. The molecule has 1 aliphatic heterocycles. The fraction of sp³-hybridized carbons (Fsp3) is 0.280. The summed E-state index contributed by atoms with van der Waals surface area (Å²) in [6.45, 7) is 5.46. The van der Waals surface area contributed by atoms with Crippen LogP contribution in [-0.2, 0) is 4.79 Å². The van der Waals surface area contributed by atoms with Gasteiger partial charge < -0.3 is 15.5 Å². The van der Waals surface area contributed by atoms with E-state index in [-0.39, 0.29) is 17.5 Å². The molecule has 1 heterocycles. The molecule has 160 valence electrons. The SMILES string of the molecule is C/C=C(\C=C(\c1ccc(C#N)c(F)c1)N(C)c1ccc(C)cc1)C(=O)NC1CCNC1. The van der Waals surface area contributed by atoms with E-state index in [1.165, 1.54) is 12.1 Å². The van der Waals surface area contributed by atoms with E-state index in [9.17, 15) is 9.18 Å². The molecule has 0 spiro atoms. The van der Waals surface area contributed by atoms with Gasteiger partial charge in [0.25, 0.3) is 5.91 Å². The van der Waals surface area contributed by atoms with Crippen LogP contribution in [0.25, 0.3) is 5.70 Å². The number of carbonyl (C=O) groups excluding carboxylic acids is 1. The Bertz CT molecular complexity index is 1040. The molecule has 0 bridgehead atoms. The van der Waals surface area contributed by atoms with Gasteiger partial charge in [-0.05, 0) is 57.2 Å². The number of carbonyl (C=O) groups is 1. The number of nitrogens with zero attached hydrogens (tertiary/aromatic N) is 2. The molecule has 31 heavy (non-hydrogen) atoms. The molecule has 1 atom stereocenters. The fourth-order valence-corrected chi connectivity index (χ4v) is 3.52. The Balaban J connectivity index is 2.01. The average Bonchev–Trinajstić information content (AvgIpc) is 3.27. The highest BCUT2D eigenvalue weighted by molar-refractivity contribution is 5.99. The standard InChI is InChI=1S/C25H27FN4O/c1-4-18(25(31)29-21-11-12-28-16-21)14-24(19-7-8-20(15-27)23(26)13-19)30(3)22-9-5-17(2)6-10-22/h4-10,13-14,21,28H,11-12,16H2,1-3H3,(H,29,31)/b18-4+,24-14-. The van der Waals surface area contributed by atoms with Crippen molar-refractivity contribution in [3.63, 3.8) is 0 Å². The number of hydrogen-bond donors (Lipinski definition) is 2. The number of nitriles is 1. The number of hydrogen-bond acceptors (Lipinski definition) is 4. The smallest absolute Gasteiger partial charge is 0.251 e. The minimum Gasteiger partial charge on any atom is -0.348 e. The summed E-state index contributed by atoms with van der Waals surface area (Å²) in [6, 6.07) is 14.4. The molecule has 1 unspecified atom stereocenters.